The Morgan fingerprint density at radius 1 is 0.857 bits per heavy atom. The number of ether oxygens (including phenoxy) is 1. The summed E-state index contributed by atoms with van der Waals surface area (Å²) in [7, 11) is 1.41. The van der Waals surface area contributed by atoms with Crippen LogP contribution in [0.25, 0.3) is 0 Å². The number of benzene rings is 1. The molecule has 1 aliphatic carbocycles. The van der Waals surface area contributed by atoms with Crippen molar-refractivity contribution in [1.29, 1.82) is 0 Å². The van der Waals surface area contributed by atoms with E-state index in [1.165, 1.54) is 7.11 Å². The number of unbranched alkanes of at least 4 members (excludes halogenated alkanes) is 3. The average Bonchev–Trinajstić information content (AvgIpc) is 2.72. The van der Waals surface area contributed by atoms with Gasteiger partial charge in [0.2, 0.25) is 0 Å². The molecule has 0 aliphatic heterocycles. The molecule has 0 aromatic heterocycles. The van der Waals surface area contributed by atoms with Gasteiger partial charge in [-0.1, -0.05) is 49.6 Å². The Bertz CT molecular complexity index is 799. The molecule has 0 saturated carbocycles. The molecule has 1 atom stereocenters. The van der Waals surface area contributed by atoms with Crippen molar-refractivity contribution in [2.45, 2.75) is 65.2 Å². The largest absolute Gasteiger partial charge is 0.469 e. The zero-order chi connectivity index (χ0) is 20.7. The summed E-state index contributed by atoms with van der Waals surface area (Å²) in [6, 6.07) is 9.95. The Hall–Kier alpha value is -2.49. The summed E-state index contributed by atoms with van der Waals surface area (Å²) < 4.78 is 4.67. The highest BCUT2D eigenvalue weighted by atomic mass is 16.5. The second kappa shape index (κ2) is 10.2. The molecule has 0 heterocycles. The molecule has 0 amide bonds. The molecule has 0 bridgehead atoms. The first-order chi connectivity index (χ1) is 13.4. The van der Waals surface area contributed by atoms with Crippen LogP contribution in [-0.2, 0) is 19.1 Å². The van der Waals surface area contributed by atoms with E-state index in [0.717, 1.165) is 37.7 Å². The molecule has 150 valence electrons. The Labute approximate surface area is 167 Å². The van der Waals surface area contributed by atoms with Crippen LogP contribution in [0.3, 0.4) is 0 Å². The topological polar surface area (TPSA) is 60.4 Å². The van der Waals surface area contributed by atoms with E-state index in [1.807, 2.05) is 30.3 Å². The number of hydrogen-bond donors (Lipinski definition) is 0. The third-order valence-electron chi connectivity index (χ3n) is 5.63. The van der Waals surface area contributed by atoms with Gasteiger partial charge in [0.25, 0.3) is 0 Å². The number of Topliss-reactive ketones (excluding diaryl/α,β-unsaturated/α-hetero) is 2. The van der Waals surface area contributed by atoms with Gasteiger partial charge in [-0.3, -0.25) is 14.4 Å². The zero-order valence-corrected chi connectivity index (χ0v) is 17.3. The van der Waals surface area contributed by atoms with Gasteiger partial charge in [0.1, 0.15) is 0 Å². The normalized spacial score (nSPS) is 15.9. The quantitative estimate of drug-likeness (QED) is 0.339. The molecule has 0 saturated heterocycles. The van der Waals surface area contributed by atoms with Crippen molar-refractivity contribution in [3.8, 4) is 0 Å². The fraction of sp³-hybridized carbons (Fsp3) is 0.458. The predicted octanol–water partition coefficient (Wildman–Crippen LogP) is 5.09. The number of carbonyl (C=O) groups is 3. The third-order valence-corrected chi connectivity index (χ3v) is 5.63. The van der Waals surface area contributed by atoms with Crippen LogP contribution in [0.4, 0.5) is 0 Å². The van der Waals surface area contributed by atoms with Gasteiger partial charge >= 0.3 is 5.97 Å². The number of carbonyl (C=O) groups excluding carboxylic acids is 3. The molecular weight excluding hydrogens is 352 g/mol. The predicted molar refractivity (Wildman–Crippen MR) is 110 cm³/mol. The van der Waals surface area contributed by atoms with E-state index in [1.54, 1.807) is 20.8 Å². The molecule has 1 aromatic carbocycles. The lowest BCUT2D eigenvalue weighted by Gasteiger charge is -2.26. The van der Waals surface area contributed by atoms with E-state index in [0.29, 0.717) is 28.7 Å². The van der Waals surface area contributed by atoms with Crippen molar-refractivity contribution in [1.82, 2.24) is 0 Å². The van der Waals surface area contributed by atoms with E-state index in [4.69, 9.17) is 0 Å². The summed E-state index contributed by atoms with van der Waals surface area (Å²) in [5.74, 6) is -0.284. The van der Waals surface area contributed by atoms with Gasteiger partial charge in [0.05, 0.1) is 7.11 Å². The highest BCUT2D eigenvalue weighted by molar-refractivity contribution is 6.25. The standard InChI is InChI=1S/C24H30O4/c1-16-17(2)24(27)22(18(3)23(16)26)20(19-12-8-7-9-13-19)14-10-5-6-11-15-21(25)28-4/h7-9,12-13,20H,5-6,10-11,14-15H2,1-4H3. The summed E-state index contributed by atoms with van der Waals surface area (Å²) in [4.78, 5) is 36.9. The molecule has 1 aliphatic rings. The molecule has 4 heteroatoms. The summed E-state index contributed by atoms with van der Waals surface area (Å²) in [5, 5.41) is 0. The summed E-state index contributed by atoms with van der Waals surface area (Å²) in [6.45, 7) is 5.25. The fourth-order valence-corrected chi connectivity index (χ4v) is 3.77. The number of esters is 1. The van der Waals surface area contributed by atoms with Gasteiger partial charge < -0.3 is 4.74 Å². The highest BCUT2D eigenvalue weighted by Gasteiger charge is 2.33. The smallest absolute Gasteiger partial charge is 0.305 e. The van der Waals surface area contributed by atoms with Gasteiger partial charge in [0, 0.05) is 34.6 Å². The molecule has 4 nitrogen and oxygen atoms in total. The zero-order valence-electron chi connectivity index (χ0n) is 17.3. The minimum absolute atomic E-state index is 0.00542. The van der Waals surface area contributed by atoms with Crippen molar-refractivity contribution >= 4 is 17.5 Å². The molecular formula is C24H30O4. The fourth-order valence-electron chi connectivity index (χ4n) is 3.77. The van der Waals surface area contributed by atoms with Crippen molar-refractivity contribution in [2.75, 3.05) is 7.11 Å². The molecule has 2 rings (SSSR count). The second-order valence-corrected chi connectivity index (χ2v) is 7.44. The number of ketones is 2. The molecule has 28 heavy (non-hydrogen) atoms. The van der Waals surface area contributed by atoms with Crippen LogP contribution < -0.4 is 0 Å². The number of allylic oxidation sites excluding steroid dienone is 4. The average molecular weight is 383 g/mol. The molecule has 0 spiro atoms. The van der Waals surface area contributed by atoms with Crippen molar-refractivity contribution < 1.29 is 19.1 Å². The van der Waals surface area contributed by atoms with Crippen LogP contribution in [0.5, 0.6) is 0 Å². The lowest BCUT2D eigenvalue weighted by molar-refractivity contribution is -0.140. The van der Waals surface area contributed by atoms with Crippen LogP contribution in [0.15, 0.2) is 52.6 Å². The first-order valence-corrected chi connectivity index (χ1v) is 9.97. The molecule has 1 aromatic rings. The summed E-state index contributed by atoms with van der Waals surface area (Å²) >= 11 is 0. The Balaban J connectivity index is 2.15. The van der Waals surface area contributed by atoms with E-state index in [-0.39, 0.29) is 23.5 Å². The molecule has 0 radical (unpaired) electrons. The maximum absolute atomic E-state index is 13.0. The first kappa shape index (κ1) is 21.8. The maximum Gasteiger partial charge on any atom is 0.305 e. The van der Waals surface area contributed by atoms with E-state index in [9.17, 15) is 14.4 Å². The summed E-state index contributed by atoms with van der Waals surface area (Å²) in [6.07, 6.45) is 4.91. The molecule has 1 unspecified atom stereocenters. The van der Waals surface area contributed by atoms with Crippen LogP contribution in [-0.4, -0.2) is 24.6 Å². The second-order valence-electron chi connectivity index (χ2n) is 7.44. The number of rotatable bonds is 9. The van der Waals surface area contributed by atoms with Crippen molar-refractivity contribution in [2.24, 2.45) is 0 Å². The maximum atomic E-state index is 13.0. The van der Waals surface area contributed by atoms with Crippen LogP contribution >= 0.6 is 0 Å². The number of hydrogen-bond acceptors (Lipinski definition) is 4. The lowest BCUT2D eigenvalue weighted by Crippen LogP contribution is -2.24. The van der Waals surface area contributed by atoms with Gasteiger partial charge in [-0.2, -0.15) is 0 Å². The van der Waals surface area contributed by atoms with Crippen LogP contribution in [0, 0.1) is 0 Å². The Morgan fingerprint density at radius 3 is 2.11 bits per heavy atom. The van der Waals surface area contributed by atoms with Crippen LogP contribution in [0.1, 0.15) is 70.8 Å². The van der Waals surface area contributed by atoms with E-state index >= 15 is 0 Å². The van der Waals surface area contributed by atoms with Crippen molar-refractivity contribution in [3.63, 3.8) is 0 Å². The minimum Gasteiger partial charge on any atom is -0.469 e. The summed E-state index contributed by atoms with van der Waals surface area (Å²) in [5.41, 5.74) is 3.41. The minimum atomic E-state index is -0.174. The number of methoxy groups -OCH3 is 1. The van der Waals surface area contributed by atoms with Gasteiger partial charge in [-0.05, 0) is 39.2 Å². The monoisotopic (exact) mass is 382 g/mol. The Morgan fingerprint density at radius 2 is 1.46 bits per heavy atom. The van der Waals surface area contributed by atoms with Gasteiger partial charge in [0.15, 0.2) is 11.6 Å². The lowest BCUT2D eigenvalue weighted by atomic mass is 9.75. The SMILES string of the molecule is COC(=O)CCCCCCC(C1=C(C)C(=O)C(C)=C(C)C1=O)c1ccccc1. The van der Waals surface area contributed by atoms with Gasteiger partial charge in [-0.25, -0.2) is 0 Å². The molecule has 0 N–H and O–H groups in total. The van der Waals surface area contributed by atoms with Gasteiger partial charge in [-0.15, -0.1) is 0 Å². The van der Waals surface area contributed by atoms with E-state index < -0.39 is 0 Å². The Kier molecular flexibility index (Phi) is 7.91. The molecule has 0 fully saturated rings. The highest BCUT2D eigenvalue weighted by Crippen LogP contribution is 2.37. The first-order valence-electron chi connectivity index (χ1n) is 9.97. The third kappa shape index (κ3) is 5.06. The van der Waals surface area contributed by atoms with Crippen molar-refractivity contribution in [3.05, 3.63) is 58.2 Å². The van der Waals surface area contributed by atoms with E-state index in [2.05, 4.69) is 4.74 Å². The van der Waals surface area contributed by atoms with Crippen LogP contribution in [0.2, 0.25) is 0 Å².